The molecule has 0 aliphatic heterocycles. The highest BCUT2D eigenvalue weighted by Crippen LogP contribution is 2.31. The number of nitrogens with one attached hydrogen (secondary N) is 1. The molecule has 0 aromatic carbocycles. The summed E-state index contributed by atoms with van der Waals surface area (Å²) in [6.45, 7) is 8.23. The Morgan fingerprint density at radius 1 is 1.60 bits per heavy atom. The highest BCUT2D eigenvalue weighted by molar-refractivity contribution is 5.92. The predicted octanol–water partition coefficient (Wildman–Crippen LogP) is 1.10. The SMILES string of the molecule is C=C(C)[C@@H]1CC[C@@](C)([NH+](C)C)/C(=N\O)C1. The first-order chi connectivity index (χ1) is 6.91. The molecule has 1 rings (SSSR count). The van der Waals surface area contributed by atoms with Gasteiger partial charge in [0.05, 0.1) is 14.1 Å². The molecule has 0 spiro atoms. The molecule has 1 saturated carbocycles. The Labute approximate surface area is 92.5 Å². The summed E-state index contributed by atoms with van der Waals surface area (Å²) < 4.78 is 0. The van der Waals surface area contributed by atoms with E-state index >= 15 is 0 Å². The lowest BCUT2D eigenvalue weighted by molar-refractivity contribution is -0.901. The molecule has 0 amide bonds. The van der Waals surface area contributed by atoms with Gasteiger partial charge >= 0.3 is 0 Å². The van der Waals surface area contributed by atoms with Crippen molar-refractivity contribution in [2.24, 2.45) is 11.1 Å². The minimum absolute atomic E-state index is 0.0132. The van der Waals surface area contributed by atoms with Crippen LogP contribution in [0.2, 0.25) is 0 Å². The van der Waals surface area contributed by atoms with Crippen molar-refractivity contribution in [1.82, 2.24) is 0 Å². The van der Waals surface area contributed by atoms with E-state index in [0.29, 0.717) is 5.92 Å². The number of hydrogen-bond donors (Lipinski definition) is 2. The van der Waals surface area contributed by atoms with Crippen LogP contribution in [0.25, 0.3) is 0 Å². The Bertz CT molecular complexity index is 283. The van der Waals surface area contributed by atoms with Gasteiger partial charge in [-0.2, -0.15) is 0 Å². The zero-order valence-electron chi connectivity index (χ0n) is 10.3. The van der Waals surface area contributed by atoms with Crippen LogP contribution >= 0.6 is 0 Å². The molecule has 0 radical (unpaired) electrons. The zero-order valence-corrected chi connectivity index (χ0v) is 10.3. The molecule has 0 heterocycles. The summed E-state index contributed by atoms with van der Waals surface area (Å²) >= 11 is 0. The fraction of sp³-hybridized carbons (Fsp3) is 0.750. The Balaban J connectivity index is 2.87. The second kappa shape index (κ2) is 4.35. The van der Waals surface area contributed by atoms with Gasteiger partial charge in [-0.05, 0) is 26.2 Å². The van der Waals surface area contributed by atoms with Gasteiger partial charge in [-0.3, -0.25) is 0 Å². The van der Waals surface area contributed by atoms with Crippen molar-refractivity contribution in [3.8, 4) is 0 Å². The third-order valence-corrected chi connectivity index (χ3v) is 3.99. The normalized spacial score (nSPS) is 34.7. The van der Waals surface area contributed by atoms with Crippen LogP contribution in [-0.4, -0.2) is 30.6 Å². The van der Waals surface area contributed by atoms with E-state index in [4.69, 9.17) is 5.21 Å². The molecule has 15 heavy (non-hydrogen) atoms. The lowest BCUT2D eigenvalue weighted by atomic mass is 9.73. The molecule has 0 aromatic rings. The van der Waals surface area contributed by atoms with E-state index in [1.807, 2.05) is 0 Å². The predicted molar refractivity (Wildman–Crippen MR) is 62.6 cm³/mol. The van der Waals surface area contributed by atoms with Crippen LogP contribution in [0.3, 0.4) is 0 Å². The van der Waals surface area contributed by atoms with E-state index in [9.17, 15) is 0 Å². The van der Waals surface area contributed by atoms with Crippen molar-refractivity contribution >= 4 is 5.71 Å². The third-order valence-electron chi connectivity index (χ3n) is 3.99. The molecular formula is C12H23N2O+. The van der Waals surface area contributed by atoms with E-state index in [1.165, 1.54) is 10.5 Å². The van der Waals surface area contributed by atoms with Crippen LogP contribution in [0.4, 0.5) is 0 Å². The molecule has 86 valence electrons. The Kier molecular flexibility index (Phi) is 3.55. The second-order valence-corrected chi connectivity index (χ2v) is 5.16. The molecule has 0 unspecified atom stereocenters. The molecule has 2 N–H and O–H groups in total. The Morgan fingerprint density at radius 2 is 2.20 bits per heavy atom. The molecule has 1 aliphatic rings. The maximum absolute atomic E-state index is 9.12. The first kappa shape index (κ1) is 12.2. The second-order valence-electron chi connectivity index (χ2n) is 5.16. The maximum Gasteiger partial charge on any atom is 0.136 e. The van der Waals surface area contributed by atoms with Gasteiger partial charge in [0.2, 0.25) is 0 Å². The van der Waals surface area contributed by atoms with Crippen LogP contribution in [0, 0.1) is 5.92 Å². The maximum atomic E-state index is 9.12. The van der Waals surface area contributed by atoms with Gasteiger partial charge in [-0.25, -0.2) is 0 Å². The summed E-state index contributed by atoms with van der Waals surface area (Å²) in [5.41, 5.74) is 2.11. The molecule has 3 heteroatoms. The number of allylic oxidation sites excluding steroid dienone is 1. The van der Waals surface area contributed by atoms with Crippen LogP contribution in [-0.2, 0) is 0 Å². The smallest absolute Gasteiger partial charge is 0.136 e. The summed E-state index contributed by atoms with van der Waals surface area (Å²) in [6, 6.07) is 0. The topological polar surface area (TPSA) is 37.0 Å². The van der Waals surface area contributed by atoms with E-state index in [-0.39, 0.29) is 5.54 Å². The van der Waals surface area contributed by atoms with E-state index < -0.39 is 0 Å². The molecule has 2 atom stereocenters. The molecule has 0 saturated heterocycles. The van der Waals surface area contributed by atoms with Crippen LogP contribution in [0.15, 0.2) is 17.3 Å². The van der Waals surface area contributed by atoms with Crippen molar-refractivity contribution in [3.05, 3.63) is 12.2 Å². The minimum Gasteiger partial charge on any atom is -0.411 e. The molecule has 0 aromatic heterocycles. The number of quaternary nitrogens is 1. The molecule has 1 aliphatic carbocycles. The van der Waals surface area contributed by atoms with Gasteiger partial charge in [0.1, 0.15) is 11.3 Å². The van der Waals surface area contributed by atoms with Gasteiger partial charge in [0, 0.05) is 12.8 Å². The van der Waals surface area contributed by atoms with Crippen LogP contribution in [0.5, 0.6) is 0 Å². The standard InChI is InChI=1S/C12H22N2O/c1-9(2)10-6-7-12(3,14(4)5)11(8-10)13-15/h10,15H,1,6-8H2,2-5H3/p+1/b13-11-/t10-,12-/m1/s1. The Morgan fingerprint density at radius 3 is 2.60 bits per heavy atom. The van der Waals surface area contributed by atoms with Crippen LogP contribution < -0.4 is 4.90 Å². The number of rotatable bonds is 2. The number of hydrogen-bond acceptors (Lipinski definition) is 2. The highest BCUT2D eigenvalue weighted by atomic mass is 16.4. The van der Waals surface area contributed by atoms with Gasteiger partial charge < -0.3 is 10.1 Å². The van der Waals surface area contributed by atoms with Crippen molar-refractivity contribution in [2.45, 2.75) is 38.6 Å². The molecule has 3 nitrogen and oxygen atoms in total. The van der Waals surface area contributed by atoms with Gasteiger partial charge in [0.15, 0.2) is 0 Å². The lowest BCUT2D eigenvalue weighted by Crippen LogP contribution is -3.16. The van der Waals surface area contributed by atoms with E-state index in [1.54, 1.807) is 0 Å². The average Bonchev–Trinajstić information content (AvgIpc) is 2.17. The first-order valence-electron chi connectivity index (χ1n) is 5.59. The summed E-state index contributed by atoms with van der Waals surface area (Å²) in [4.78, 5) is 1.33. The summed E-state index contributed by atoms with van der Waals surface area (Å²) in [5, 5.41) is 12.6. The first-order valence-corrected chi connectivity index (χ1v) is 5.59. The lowest BCUT2D eigenvalue weighted by Gasteiger charge is -2.39. The quantitative estimate of drug-likeness (QED) is 0.400. The van der Waals surface area contributed by atoms with Crippen molar-refractivity contribution in [1.29, 1.82) is 0 Å². The largest absolute Gasteiger partial charge is 0.411 e. The summed E-state index contributed by atoms with van der Waals surface area (Å²) in [5.74, 6) is 0.489. The number of nitrogens with zero attached hydrogens (tertiary/aromatic N) is 1. The van der Waals surface area contributed by atoms with Crippen LogP contribution in [0.1, 0.15) is 33.1 Å². The monoisotopic (exact) mass is 211 g/mol. The van der Waals surface area contributed by atoms with Gasteiger partial charge in [-0.15, -0.1) is 0 Å². The van der Waals surface area contributed by atoms with Gasteiger partial charge in [-0.1, -0.05) is 17.3 Å². The highest BCUT2D eigenvalue weighted by Gasteiger charge is 2.42. The van der Waals surface area contributed by atoms with E-state index in [0.717, 1.165) is 25.0 Å². The fourth-order valence-corrected chi connectivity index (χ4v) is 2.28. The molecule has 0 bridgehead atoms. The summed E-state index contributed by atoms with van der Waals surface area (Å²) in [6.07, 6.45) is 3.07. The van der Waals surface area contributed by atoms with Crippen molar-refractivity contribution in [3.63, 3.8) is 0 Å². The van der Waals surface area contributed by atoms with Crippen molar-refractivity contribution in [2.75, 3.05) is 14.1 Å². The zero-order chi connectivity index (χ0) is 11.6. The third kappa shape index (κ3) is 2.23. The molecule has 1 fully saturated rings. The fourth-order valence-electron chi connectivity index (χ4n) is 2.28. The average molecular weight is 211 g/mol. The van der Waals surface area contributed by atoms with Crippen molar-refractivity contribution < 1.29 is 10.1 Å². The molecular weight excluding hydrogens is 188 g/mol. The van der Waals surface area contributed by atoms with Gasteiger partial charge in [0.25, 0.3) is 0 Å². The summed E-state index contributed by atoms with van der Waals surface area (Å²) in [7, 11) is 4.23. The number of oxime groups is 1. The van der Waals surface area contributed by atoms with E-state index in [2.05, 4.69) is 39.7 Å². The Hall–Kier alpha value is -0.830. The minimum atomic E-state index is -0.0132.